The molecule has 0 aliphatic rings. The zero-order valence-electron chi connectivity index (χ0n) is 8.19. The number of benzene rings is 1. The van der Waals surface area contributed by atoms with Crippen LogP contribution in [0.25, 0.3) is 11.1 Å². The van der Waals surface area contributed by atoms with Gasteiger partial charge in [0.05, 0.1) is 5.52 Å². The highest BCUT2D eigenvalue weighted by molar-refractivity contribution is 7.71. The van der Waals surface area contributed by atoms with Crippen LogP contribution in [0, 0.1) is 4.84 Å². The quantitative estimate of drug-likeness (QED) is 0.545. The molecule has 1 aromatic heterocycles. The van der Waals surface area contributed by atoms with Gasteiger partial charge in [-0.3, -0.25) is 4.79 Å². The topological polar surface area (TPSA) is 35.1 Å². The third kappa shape index (κ3) is 1.53. The standard InChI is InChI=1S/C11H9NO2S/c1-7(2)10(13)12-8-5-3-4-6-9(8)14-11(12)15/h3-6H,1H2,2H3. The normalized spacial score (nSPS) is 10.5. The molecule has 0 aliphatic heterocycles. The lowest BCUT2D eigenvalue weighted by Gasteiger charge is -1.99. The first-order valence-electron chi connectivity index (χ1n) is 4.42. The van der Waals surface area contributed by atoms with Crippen molar-refractivity contribution in [3.63, 3.8) is 0 Å². The molecular formula is C11H9NO2S. The van der Waals surface area contributed by atoms with Gasteiger partial charge in [0, 0.05) is 5.57 Å². The Balaban J connectivity index is 2.80. The Labute approximate surface area is 91.6 Å². The molecule has 0 atom stereocenters. The van der Waals surface area contributed by atoms with Crippen LogP contribution in [-0.2, 0) is 0 Å². The summed E-state index contributed by atoms with van der Waals surface area (Å²) < 4.78 is 6.64. The number of allylic oxidation sites excluding steroid dienone is 1. The van der Waals surface area contributed by atoms with Gasteiger partial charge in [-0.1, -0.05) is 18.7 Å². The highest BCUT2D eigenvalue weighted by Crippen LogP contribution is 2.17. The molecule has 0 saturated carbocycles. The lowest BCUT2D eigenvalue weighted by atomic mass is 10.3. The van der Waals surface area contributed by atoms with Gasteiger partial charge in [-0.05, 0) is 31.3 Å². The summed E-state index contributed by atoms with van der Waals surface area (Å²) in [5, 5.41) is 0. The molecule has 1 aromatic carbocycles. The van der Waals surface area contributed by atoms with Crippen LogP contribution in [0.2, 0.25) is 0 Å². The van der Waals surface area contributed by atoms with E-state index in [0.717, 1.165) is 0 Å². The molecule has 0 unspecified atom stereocenters. The second kappa shape index (κ2) is 3.47. The lowest BCUT2D eigenvalue weighted by Crippen LogP contribution is -2.10. The molecule has 0 fully saturated rings. The average Bonchev–Trinajstić information content (AvgIpc) is 2.52. The van der Waals surface area contributed by atoms with E-state index in [0.29, 0.717) is 16.7 Å². The largest absolute Gasteiger partial charge is 0.429 e. The van der Waals surface area contributed by atoms with Crippen molar-refractivity contribution in [2.75, 3.05) is 0 Å². The van der Waals surface area contributed by atoms with Crippen LogP contribution in [0.1, 0.15) is 11.7 Å². The Morgan fingerprint density at radius 2 is 2.13 bits per heavy atom. The summed E-state index contributed by atoms with van der Waals surface area (Å²) in [6.45, 7) is 5.25. The molecule has 0 radical (unpaired) electrons. The minimum Gasteiger partial charge on any atom is -0.429 e. The van der Waals surface area contributed by atoms with E-state index in [2.05, 4.69) is 6.58 Å². The van der Waals surface area contributed by atoms with Gasteiger partial charge in [-0.15, -0.1) is 0 Å². The van der Waals surface area contributed by atoms with Gasteiger partial charge in [-0.25, -0.2) is 4.57 Å². The summed E-state index contributed by atoms with van der Waals surface area (Å²) in [5.41, 5.74) is 1.71. The second-order valence-corrected chi connectivity index (χ2v) is 3.61. The molecule has 15 heavy (non-hydrogen) atoms. The van der Waals surface area contributed by atoms with E-state index in [1.165, 1.54) is 4.57 Å². The first kappa shape index (κ1) is 9.86. The molecule has 0 amide bonds. The van der Waals surface area contributed by atoms with Crippen LogP contribution in [-0.4, -0.2) is 10.5 Å². The Hall–Kier alpha value is -1.68. The van der Waals surface area contributed by atoms with Gasteiger partial charge in [-0.2, -0.15) is 0 Å². The van der Waals surface area contributed by atoms with Gasteiger partial charge in [0.1, 0.15) is 0 Å². The third-order valence-corrected chi connectivity index (χ3v) is 2.32. The van der Waals surface area contributed by atoms with E-state index in [1.807, 2.05) is 12.1 Å². The Morgan fingerprint density at radius 3 is 2.80 bits per heavy atom. The first-order valence-corrected chi connectivity index (χ1v) is 4.83. The number of fused-ring (bicyclic) bond motifs is 1. The number of hydrogen-bond donors (Lipinski definition) is 0. The van der Waals surface area contributed by atoms with Crippen LogP contribution in [0.5, 0.6) is 0 Å². The monoisotopic (exact) mass is 219 g/mol. The molecule has 0 N–H and O–H groups in total. The van der Waals surface area contributed by atoms with E-state index >= 15 is 0 Å². The maximum atomic E-state index is 11.8. The van der Waals surface area contributed by atoms with Gasteiger partial charge in [0.25, 0.3) is 10.7 Å². The van der Waals surface area contributed by atoms with E-state index in [1.54, 1.807) is 19.1 Å². The Kier molecular flexibility index (Phi) is 2.28. The predicted molar refractivity (Wildman–Crippen MR) is 60.5 cm³/mol. The van der Waals surface area contributed by atoms with Crippen molar-refractivity contribution in [2.24, 2.45) is 0 Å². The van der Waals surface area contributed by atoms with Crippen LogP contribution < -0.4 is 0 Å². The fourth-order valence-electron chi connectivity index (χ4n) is 1.35. The van der Waals surface area contributed by atoms with Crippen molar-refractivity contribution in [3.8, 4) is 0 Å². The van der Waals surface area contributed by atoms with Gasteiger partial charge < -0.3 is 4.42 Å². The second-order valence-electron chi connectivity index (χ2n) is 3.26. The van der Waals surface area contributed by atoms with Crippen LogP contribution in [0.4, 0.5) is 0 Å². The predicted octanol–water partition coefficient (Wildman–Crippen LogP) is 3.18. The fraction of sp³-hybridized carbons (Fsp3) is 0.0909. The summed E-state index contributed by atoms with van der Waals surface area (Å²) in [6.07, 6.45) is 0. The van der Waals surface area contributed by atoms with Crippen molar-refractivity contribution in [3.05, 3.63) is 41.3 Å². The molecule has 76 valence electrons. The summed E-state index contributed by atoms with van der Waals surface area (Å²) in [7, 11) is 0. The van der Waals surface area contributed by atoms with E-state index in [-0.39, 0.29) is 10.7 Å². The van der Waals surface area contributed by atoms with Crippen molar-refractivity contribution in [1.29, 1.82) is 0 Å². The third-order valence-electron chi connectivity index (χ3n) is 2.05. The van der Waals surface area contributed by atoms with Crippen LogP contribution in [0.3, 0.4) is 0 Å². The zero-order valence-corrected chi connectivity index (χ0v) is 9.00. The zero-order chi connectivity index (χ0) is 11.0. The summed E-state index contributed by atoms with van der Waals surface area (Å²) in [5.74, 6) is -0.232. The number of hydrogen-bond acceptors (Lipinski definition) is 3. The first-order chi connectivity index (χ1) is 7.11. The van der Waals surface area contributed by atoms with Crippen molar-refractivity contribution in [2.45, 2.75) is 6.92 Å². The molecule has 0 aliphatic carbocycles. The Bertz CT molecular complexity index is 606. The maximum absolute atomic E-state index is 11.8. The minimum absolute atomic E-state index is 0.157. The molecule has 0 bridgehead atoms. The highest BCUT2D eigenvalue weighted by atomic mass is 32.1. The van der Waals surface area contributed by atoms with Gasteiger partial charge in [0.15, 0.2) is 5.58 Å². The molecule has 2 rings (SSSR count). The van der Waals surface area contributed by atoms with E-state index < -0.39 is 0 Å². The summed E-state index contributed by atoms with van der Waals surface area (Å²) in [4.78, 5) is 11.9. The van der Waals surface area contributed by atoms with Crippen molar-refractivity contribution < 1.29 is 9.21 Å². The van der Waals surface area contributed by atoms with Gasteiger partial charge >= 0.3 is 0 Å². The minimum atomic E-state index is -0.232. The number of carbonyl (C=O) groups is 1. The number of aromatic nitrogens is 1. The SMILES string of the molecule is C=C(C)C(=O)n1c(=S)oc2ccccc21. The smallest absolute Gasteiger partial charge is 0.276 e. The Morgan fingerprint density at radius 1 is 1.47 bits per heavy atom. The lowest BCUT2D eigenvalue weighted by molar-refractivity contribution is 0.0955. The number of para-hydroxylation sites is 2. The maximum Gasteiger partial charge on any atom is 0.276 e. The molecule has 1 heterocycles. The number of nitrogens with zero attached hydrogens (tertiary/aromatic N) is 1. The summed E-state index contributed by atoms with van der Waals surface area (Å²) >= 11 is 4.98. The van der Waals surface area contributed by atoms with E-state index in [4.69, 9.17) is 16.6 Å². The number of oxazole rings is 1. The van der Waals surface area contributed by atoms with Crippen LogP contribution in [0.15, 0.2) is 40.8 Å². The number of rotatable bonds is 1. The van der Waals surface area contributed by atoms with E-state index in [9.17, 15) is 4.79 Å². The molecule has 0 saturated heterocycles. The fourth-order valence-corrected chi connectivity index (χ4v) is 1.62. The molecule has 3 nitrogen and oxygen atoms in total. The highest BCUT2D eigenvalue weighted by Gasteiger charge is 2.13. The molecule has 2 aromatic rings. The van der Waals surface area contributed by atoms with Crippen molar-refractivity contribution in [1.82, 2.24) is 4.57 Å². The summed E-state index contributed by atoms with van der Waals surface area (Å²) in [6, 6.07) is 7.22. The van der Waals surface area contributed by atoms with Crippen molar-refractivity contribution >= 4 is 29.2 Å². The van der Waals surface area contributed by atoms with Gasteiger partial charge in [0.2, 0.25) is 0 Å². The molecule has 0 spiro atoms. The molecular weight excluding hydrogens is 210 g/mol. The van der Waals surface area contributed by atoms with Crippen LogP contribution >= 0.6 is 12.2 Å². The molecule has 4 heteroatoms. The average molecular weight is 219 g/mol. The number of carbonyl (C=O) groups excluding carboxylic acids is 1.